The number of halogens is 3. The molecule has 0 aliphatic rings. The van der Waals surface area contributed by atoms with Crippen LogP contribution in [0, 0.1) is 32.4 Å². The third-order valence-corrected chi connectivity index (χ3v) is 3.87. The van der Waals surface area contributed by atoms with Gasteiger partial charge >= 0.3 is 0 Å². The van der Waals surface area contributed by atoms with Gasteiger partial charge in [0.1, 0.15) is 17.3 Å². The predicted octanol–water partition coefficient (Wildman–Crippen LogP) is 5.26. The van der Waals surface area contributed by atoms with Gasteiger partial charge in [0, 0.05) is 11.0 Å². The molecule has 0 saturated carbocycles. The zero-order valence-electron chi connectivity index (χ0n) is 11.7. The average Bonchev–Trinajstić information content (AvgIpc) is 2.33. The molecule has 0 spiro atoms. The maximum atomic E-state index is 13.7. The third-order valence-electron chi connectivity index (χ3n) is 3.41. The summed E-state index contributed by atoms with van der Waals surface area (Å²) in [5.41, 5.74) is 4.44. The molecule has 0 bridgehead atoms. The van der Waals surface area contributed by atoms with E-state index in [0.29, 0.717) is 11.0 Å². The molecule has 2 rings (SSSR count). The lowest BCUT2D eigenvalue weighted by Crippen LogP contribution is -2.06. The zero-order valence-corrected chi connectivity index (χ0v) is 13.2. The number of hydrogen-bond donors (Lipinski definition) is 1. The van der Waals surface area contributed by atoms with E-state index in [0.717, 1.165) is 11.1 Å². The minimum Gasteiger partial charge on any atom is -0.376 e. The number of aryl methyl sites for hydroxylation is 3. The molecule has 0 unspecified atom stereocenters. The van der Waals surface area contributed by atoms with Crippen LogP contribution < -0.4 is 5.32 Å². The Balaban J connectivity index is 2.23. The summed E-state index contributed by atoms with van der Waals surface area (Å²) < 4.78 is 27.8. The largest absolute Gasteiger partial charge is 0.376 e. The van der Waals surface area contributed by atoms with Gasteiger partial charge in [-0.05, 0) is 55.2 Å². The fourth-order valence-corrected chi connectivity index (χ4v) is 2.51. The summed E-state index contributed by atoms with van der Waals surface area (Å²) in [6, 6.07) is 6.63. The number of nitrogens with one attached hydrogen (secondary N) is 1. The van der Waals surface area contributed by atoms with Crippen molar-refractivity contribution in [2.24, 2.45) is 0 Å². The lowest BCUT2D eigenvalue weighted by molar-refractivity contribution is 0.586. The first-order valence-corrected chi connectivity index (χ1v) is 7.13. The van der Waals surface area contributed by atoms with Crippen LogP contribution >= 0.6 is 15.9 Å². The maximum Gasteiger partial charge on any atom is 0.150 e. The number of hydrogen-bond acceptors (Lipinski definition) is 1. The molecule has 0 radical (unpaired) electrons. The Morgan fingerprint density at radius 1 is 0.900 bits per heavy atom. The molecule has 0 aliphatic heterocycles. The summed E-state index contributed by atoms with van der Waals surface area (Å²) in [7, 11) is 0. The lowest BCUT2D eigenvalue weighted by atomic mass is 10.0. The van der Waals surface area contributed by atoms with Crippen LogP contribution in [0.4, 0.5) is 14.5 Å². The fraction of sp³-hybridized carbons (Fsp3) is 0.250. The molecule has 0 fully saturated rings. The van der Waals surface area contributed by atoms with E-state index in [-0.39, 0.29) is 5.69 Å². The van der Waals surface area contributed by atoms with Crippen molar-refractivity contribution in [1.29, 1.82) is 0 Å². The molecular weight excluding hydrogens is 324 g/mol. The van der Waals surface area contributed by atoms with Crippen LogP contribution in [0.5, 0.6) is 0 Å². The van der Waals surface area contributed by atoms with Crippen LogP contribution in [0.25, 0.3) is 0 Å². The number of anilines is 1. The second kappa shape index (κ2) is 5.92. The highest BCUT2D eigenvalue weighted by molar-refractivity contribution is 9.10. The van der Waals surface area contributed by atoms with Gasteiger partial charge in [-0.25, -0.2) is 8.78 Å². The SMILES string of the molecule is Cc1cc(C)c(CNc2c(F)cc(Br)cc2F)cc1C. The summed E-state index contributed by atoms with van der Waals surface area (Å²) in [5, 5.41) is 2.84. The van der Waals surface area contributed by atoms with Gasteiger partial charge in [0.15, 0.2) is 0 Å². The zero-order chi connectivity index (χ0) is 14.9. The van der Waals surface area contributed by atoms with Gasteiger partial charge in [-0.1, -0.05) is 28.1 Å². The molecule has 0 heterocycles. The second-order valence-corrected chi connectivity index (χ2v) is 5.88. The van der Waals surface area contributed by atoms with E-state index in [1.165, 1.54) is 23.3 Å². The van der Waals surface area contributed by atoms with Crippen LogP contribution in [0.1, 0.15) is 22.3 Å². The Morgan fingerprint density at radius 3 is 2.05 bits per heavy atom. The smallest absolute Gasteiger partial charge is 0.150 e. The normalized spacial score (nSPS) is 10.7. The van der Waals surface area contributed by atoms with Gasteiger partial charge in [0.05, 0.1) is 0 Å². The third kappa shape index (κ3) is 3.18. The Hall–Kier alpha value is -1.42. The molecule has 2 aromatic carbocycles. The molecule has 4 heteroatoms. The van der Waals surface area contributed by atoms with Crippen molar-refractivity contribution < 1.29 is 8.78 Å². The van der Waals surface area contributed by atoms with E-state index >= 15 is 0 Å². The lowest BCUT2D eigenvalue weighted by Gasteiger charge is -2.13. The number of benzene rings is 2. The first-order valence-electron chi connectivity index (χ1n) is 6.33. The van der Waals surface area contributed by atoms with Crippen LogP contribution in [0.3, 0.4) is 0 Å². The monoisotopic (exact) mass is 339 g/mol. The van der Waals surface area contributed by atoms with Crippen LogP contribution in [0.2, 0.25) is 0 Å². The van der Waals surface area contributed by atoms with Crippen LogP contribution in [-0.2, 0) is 6.54 Å². The van der Waals surface area contributed by atoms with Crippen molar-refractivity contribution in [3.05, 3.63) is 62.6 Å². The average molecular weight is 340 g/mol. The molecular formula is C16H16BrF2N. The molecule has 1 N–H and O–H groups in total. The van der Waals surface area contributed by atoms with E-state index in [2.05, 4.69) is 27.3 Å². The van der Waals surface area contributed by atoms with Gasteiger partial charge in [-0.15, -0.1) is 0 Å². The van der Waals surface area contributed by atoms with Crippen LogP contribution in [0.15, 0.2) is 28.7 Å². The van der Waals surface area contributed by atoms with E-state index in [9.17, 15) is 8.78 Å². The van der Waals surface area contributed by atoms with Gasteiger partial charge in [-0.2, -0.15) is 0 Å². The minimum atomic E-state index is -0.599. The van der Waals surface area contributed by atoms with E-state index in [1.54, 1.807) is 0 Å². The molecule has 0 aliphatic carbocycles. The quantitative estimate of drug-likeness (QED) is 0.803. The maximum absolute atomic E-state index is 13.7. The molecule has 106 valence electrons. The standard InChI is InChI=1S/C16H16BrF2N/c1-9-4-11(3)12(5-10(9)2)8-20-16-14(18)6-13(17)7-15(16)19/h4-7,20H,8H2,1-3H3. The molecule has 0 aromatic heterocycles. The van der Waals surface area contributed by atoms with Gasteiger partial charge in [0.2, 0.25) is 0 Å². The summed E-state index contributed by atoms with van der Waals surface area (Å²) >= 11 is 3.06. The Morgan fingerprint density at radius 2 is 1.45 bits per heavy atom. The molecule has 20 heavy (non-hydrogen) atoms. The van der Waals surface area contributed by atoms with E-state index in [1.807, 2.05) is 26.8 Å². The molecule has 0 amide bonds. The fourth-order valence-electron chi connectivity index (χ4n) is 2.11. The van der Waals surface area contributed by atoms with Crippen molar-refractivity contribution in [1.82, 2.24) is 0 Å². The van der Waals surface area contributed by atoms with Gasteiger partial charge in [0.25, 0.3) is 0 Å². The summed E-state index contributed by atoms with van der Waals surface area (Å²) in [6.07, 6.45) is 0. The van der Waals surface area contributed by atoms with Gasteiger partial charge in [-0.3, -0.25) is 0 Å². The summed E-state index contributed by atoms with van der Waals surface area (Å²) in [5.74, 6) is -1.20. The minimum absolute atomic E-state index is 0.0918. The first kappa shape index (κ1) is 15.0. The Kier molecular flexibility index (Phi) is 4.43. The highest BCUT2D eigenvalue weighted by Crippen LogP contribution is 2.25. The molecule has 1 nitrogen and oxygen atoms in total. The van der Waals surface area contributed by atoms with E-state index < -0.39 is 11.6 Å². The van der Waals surface area contributed by atoms with E-state index in [4.69, 9.17) is 0 Å². The highest BCUT2D eigenvalue weighted by Gasteiger charge is 2.11. The summed E-state index contributed by atoms with van der Waals surface area (Å²) in [4.78, 5) is 0. The molecule has 2 aromatic rings. The molecule has 0 atom stereocenters. The number of rotatable bonds is 3. The first-order chi connectivity index (χ1) is 9.38. The van der Waals surface area contributed by atoms with Crippen molar-refractivity contribution >= 4 is 21.6 Å². The second-order valence-electron chi connectivity index (χ2n) is 4.96. The van der Waals surface area contributed by atoms with Crippen molar-refractivity contribution in [3.8, 4) is 0 Å². The van der Waals surface area contributed by atoms with Crippen molar-refractivity contribution in [2.75, 3.05) is 5.32 Å². The van der Waals surface area contributed by atoms with Crippen molar-refractivity contribution in [2.45, 2.75) is 27.3 Å². The highest BCUT2D eigenvalue weighted by atomic mass is 79.9. The predicted molar refractivity (Wildman–Crippen MR) is 82.0 cm³/mol. The Bertz CT molecular complexity index is 630. The van der Waals surface area contributed by atoms with Crippen LogP contribution in [-0.4, -0.2) is 0 Å². The summed E-state index contributed by atoms with van der Waals surface area (Å²) in [6.45, 7) is 6.47. The topological polar surface area (TPSA) is 12.0 Å². The molecule has 0 saturated heterocycles. The van der Waals surface area contributed by atoms with Gasteiger partial charge < -0.3 is 5.32 Å². The van der Waals surface area contributed by atoms with Crippen molar-refractivity contribution in [3.63, 3.8) is 0 Å². The Labute approximate surface area is 126 Å².